The topological polar surface area (TPSA) is 70.1 Å². The maximum atomic E-state index is 12.9. The molecule has 1 aromatic heterocycles. The Morgan fingerprint density at radius 3 is 2.58 bits per heavy atom. The molecule has 5 nitrogen and oxygen atoms in total. The molecule has 3 aromatic rings. The first kappa shape index (κ1) is 15.9. The quantitative estimate of drug-likeness (QED) is 0.561. The molecule has 0 atom stereocenters. The fraction of sp³-hybridized carbons (Fsp3) is 0. The number of hydrogen-bond donors (Lipinski definition) is 2. The van der Waals surface area contributed by atoms with Gasteiger partial charge in [0, 0.05) is 10.6 Å². The van der Waals surface area contributed by atoms with E-state index in [-0.39, 0.29) is 11.5 Å². The van der Waals surface area contributed by atoms with Gasteiger partial charge in [0.15, 0.2) is 0 Å². The lowest BCUT2D eigenvalue weighted by atomic mass is 10.1. The molecule has 2 aromatic carbocycles. The number of carbonyl (C=O) groups excluding carboxylic acids is 1. The van der Waals surface area contributed by atoms with Crippen LogP contribution in [0.2, 0.25) is 5.02 Å². The second-order valence-corrected chi connectivity index (χ2v) is 5.36. The van der Waals surface area contributed by atoms with Gasteiger partial charge in [-0.1, -0.05) is 23.7 Å². The van der Waals surface area contributed by atoms with E-state index in [1.165, 1.54) is 18.3 Å². The Kier molecular flexibility index (Phi) is 4.67. The molecule has 0 fully saturated rings. The fourth-order valence-corrected chi connectivity index (χ4v) is 2.11. The van der Waals surface area contributed by atoms with E-state index in [1.807, 2.05) is 0 Å². The zero-order valence-electron chi connectivity index (χ0n) is 12.3. The van der Waals surface area contributed by atoms with Gasteiger partial charge in [-0.25, -0.2) is 9.82 Å². The Hall–Kier alpha value is -2.99. The van der Waals surface area contributed by atoms with Crippen molar-refractivity contribution in [2.24, 2.45) is 5.10 Å². The third-order valence-corrected chi connectivity index (χ3v) is 3.46. The monoisotopic (exact) mass is 342 g/mol. The number of hydrazone groups is 1. The summed E-state index contributed by atoms with van der Waals surface area (Å²) < 4.78 is 12.9. The molecular formula is C17H12ClFN4O. The van der Waals surface area contributed by atoms with Crippen LogP contribution in [0.5, 0.6) is 0 Å². The van der Waals surface area contributed by atoms with Crippen LogP contribution in [0, 0.1) is 5.82 Å². The minimum atomic E-state index is -0.430. The average Bonchev–Trinajstić information content (AvgIpc) is 3.07. The van der Waals surface area contributed by atoms with Crippen LogP contribution in [0.15, 0.2) is 59.7 Å². The second-order valence-electron chi connectivity index (χ2n) is 4.92. The van der Waals surface area contributed by atoms with Crippen molar-refractivity contribution in [3.63, 3.8) is 0 Å². The number of carbonyl (C=O) groups is 1. The third-order valence-electron chi connectivity index (χ3n) is 3.21. The lowest BCUT2D eigenvalue weighted by Crippen LogP contribution is -2.17. The molecule has 0 saturated carbocycles. The number of nitrogens with zero attached hydrogens (tertiary/aromatic N) is 2. The molecule has 0 aliphatic rings. The molecule has 7 heteroatoms. The first-order valence-corrected chi connectivity index (χ1v) is 7.40. The van der Waals surface area contributed by atoms with Crippen molar-refractivity contribution in [1.29, 1.82) is 0 Å². The predicted molar refractivity (Wildman–Crippen MR) is 90.5 cm³/mol. The maximum absolute atomic E-state index is 12.9. The summed E-state index contributed by atoms with van der Waals surface area (Å²) in [5.41, 5.74) is 4.71. The van der Waals surface area contributed by atoms with Gasteiger partial charge in [-0.15, -0.1) is 0 Å². The van der Waals surface area contributed by atoms with Crippen molar-refractivity contribution >= 4 is 23.7 Å². The van der Waals surface area contributed by atoms with Gasteiger partial charge in [-0.05, 0) is 48.0 Å². The minimum absolute atomic E-state index is 0.252. The van der Waals surface area contributed by atoms with E-state index in [0.717, 1.165) is 5.56 Å². The van der Waals surface area contributed by atoms with Gasteiger partial charge >= 0.3 is 0 Å². The Morgan fingerprint density at radius 1 is 1.17 bits per heavy atom. The smallest absolute Gasteiger partial charge is 0.272 e. The Morgan fingerprint density at radius 2 is 1.88 bits per heavy atom. The Balaban J connectivity index is 1.65. The van der Waals surface area contributed by atoms with Crippen LogP contribution in [0.1, 0.15) is 16.1 Å². The van der Waals surface area contributed by atoms with Crippen molar-refractivity contribution in [2.75, 3.05) is 0 Å². The van der Waals surface area contributed by atoms with Gasteiger partial charge in [0.2, 0.25) is 0 Å². The van der Waals surface area contributed by atoms with Gasteiger partial charge in [-0.2, -0.15) is 10.2 Å². The molecule has 24 heavy (non-hydrogen) atoms. The summed E-state index contributed by atoms with van der Waals surface area (Å²) in [7, 11) is 0. The fourth-order valence-electron chi connectivity index (χ4n) is 1.98. The molecule has 1 heterocycles. The molecule has 120 valence electrons. The molecule has 0 saturated heterocycles. The van der Waals surface area contributed by atoms with Crippen molar-refractivity contribution in [3.8, 4) is 11.3 Å². The van der Waals surface area contributed by atoms with E-state index in [1.54, 1.807) is 42.5 Å². The van der Waals surface area contributed by atoms with E-state index in [2.05, 4.69) is 20.7 Å². The highest BCUT2D eigenvalue weighted by Gasteiger charge is 2.10. The molecule has 2 N–H and O–H groups in total. The number of hydrogen-bond acceptors (Lipinski definition) is 3. The number of H-pyrrole nitrogens is 1. The van der Waals surface area contributed by atoms with Crippen LogP contribution in [0.4, 0.5) is 4.39 Å². The van der Waals surface area contributed by atoms with Gasteiger partial charge in [0.05, 0.1) is 11.9 Å². The molecule has 0 unspecified atom stereocenters. The minimum Gasteiger partial charge on any atom is -0.272 e. The Labute approximate surface area is 142 Å². The molecule has 0 radical (unpaired) electrons. The third kappa shape index (κ3) is 3.85. The standard InChI is InChI=1S/C17H12ClFN4O/c18-13-5-1-11(2-6-13)10-20-23-17(24)16-9-15(21-22-16)12-3-7-14(19)8-4-12/h1-10H,(H,21,22)(H,23,24)/b20-10+. The highest BCUT2D eigenvalue weighted by Crippen LogP contribution is 2.17. The SMILES string of the molecule is O=C(N/N=C/c1ccc(Cl)cc1)c1cc(-c2ccc(F)cc2)n[nH]1. The number of nitrogens with one attached hydrogen (secondary N) is 2. The average molecular weight is 343 g/mol. The van der Waals surface area contributed by atoms with Crippen LogP contribution in [-0.2, 0) is 0 Å². The van der Waals surface area contributed by atoms with Crippen molar-refractivity contribution in [3.05, 3.63) is 76.7 Å². The predicted octanol–water partition coefficient (Wildman–Crippen LogP) is 3.63. The second kappa shape index (κ2) is 7.06. The summed E-state index contributed by atoms with van der Waals surface area (Å²) in [6.07, 6.45) is 1.51. The molecule has 0 spiro atoms. The first-order chi connectivity index (χ1) is 11.6. The molecule has 3 rings (SSSR count). The largest absolute Gasteiger partial charge is 0.289 e. The summed E-state index contributed by atoms with van der Waals surface area (Å²) >= 11 is 5.79. The Bertz CT molecular complexity index is 872. The van der Waals surface area contributed by atoms with E-state index < -0.39 is 5.91 Å². The zero-order chi connectivity index (χ0) is 16.9. The zero-order valence-corrected chi connectivity index (χ0v) is 13.1. The number of halogens is 2. The van der Waals surface area contributed by atoms with E-state index >= 15 is 0 Å². The molecule has 0 bridgehead atoms. The highest BCUT2D eigenvalue weighted by atomic mass is 35.5. The summed E-state index contributed by atoms with van der Waals surface area (Å²) in [5.74, 6) is -0.759. The lowest BCUT2D eigenvalue weighted by Gasteiger charge is -1.96. The number of benzene rings is 2. The van der Waals surface area contributed by atoms with Crippen LogP contribution >= 0.6 is 11.6 Å². The van der Waals surface area contributed by atoms with Gasteiger partial charge in [-0.3, -0.25) is 9.89 Å². The summed E-state index contributed by atoms with van der Waals surface area (Å²) in [4.78, 5) is 12.0. The molecule has 0 aliphatic carbocycles. The van der Waals surface area contributed by atoms with Crippen LogP contribution in [-0.4, -0.2) is 22.3 Å². The van der Waals surface area contributed by atoms with Crippen molar-refractivity contribution in [2.45, 2.75) is 0 Å². The summed E-state index contributed by atoms with van der Waals surface area (Å²) in [5, 5.41) is 11.2. The highest BCUT2D eigenvalue weighted by molar-refractivity contribution is 6.30. The van der Waals surface area contributed by atoms with Crippen LogP contribution < -0.4 is 5.43 Å². The maximum Gasteiger partial charge on any atom is 0.289 e. The van der Waals surface area contributed by atoms with E-state index in [0.29, 0.717) is 16.3 Å². The number of rotatable bonds is 4. The molecule has 0 aliphatic heterocycles. The lowest BCUT2D eigenvalue weighted by molar-refractivity contribution is 0.0950. The van der Waals surface area contributed by atoms with Crippen LogP contribution in [0.3, 0.4) is 0 Å². The van der Waals surface area contributed by atoms with Gasteiger partial charge < -0.3 is 0 Å². The molecular weight excluding hydrogens is 331 g/mol. The van der Waals surface area contributed by atoms with Gasteiger partial charge in [0.1, 0.15) is 11.5 Å². The summed E-state index contributed by atoms with van der Waals surface area (Å²) in [6, 6.07) is 14.4. The number of amides is 1. The normalized spacial score (nSPS) is 10.9. The number of aromatic nitrogens is 2. The van der Waals surface area contributed by atoms with E-state index in [9.17, 15) is 9.18 Å². The van der Waals surface area contributed by atoms with Gasteiger partial charge in [0.25, 0.3) is 5.91 Å². The summed E-state index contributed by atoms with van der Waals surface area (Å²) in [6.45, 7) is 0. The van der Waals surface area contributed by atoms with Crippen LogP contribution in [0.25, 0.3) is 11.3 Å². The van der Waals surface area contributed by atoms with E-state index in [4.69, 9.17) is 11.6 Å². The van der Waals surface area contributed by atoms with Crippen molar-refractivity contribution in [1.82, 2.24) is 15.6 Å². The van der Waals surface area contributed by atoms with Crippen molar-refractivity contribution < 1.29 is 9.18 Å². The molecule has 1 amide bonds. The number of aromatic amines is 1. The first-order valence-electron chi connectivity index (χ1n) is 7.02.